The molecule has 16 heavy (non-hydrogen) atoms. The lowest BCUT2D eigenvalue weighted by Gasteiger charge is -2.24. The zero-order valence-corrected chi connectivity index (χ0v) is 9.38. The van der Waals surface area contributed by atoms with Gasteiger partial charge in [0.2, 0.25) is 5.91 Å². The molecule has 4 nitrogen and oxygen atoms in total. The zero-order valence-electron chi connectivity index (χ0n) is 9.38. The highest BCUT2D eigenvalue weighted by atomic mass is 19.4. The van der Waals surface area contributed by atoms with Crippen LogP contribution in [0.5, 0.6) is 0 Å². The molecule has 0 aliphatic carbocycles. The molecule has 1 amide bonds. The lowest BCUT2D eigenvalue weighted by atomic mass is 10.2. The molecule has 0 aliphatic rings. The summed E-state index contributed by atoms with van der Waals surface area (Å²) in [5.74, 6) is -0.481. The van der Waals surface area contributed by atoms with E-state index in [4.69, 9.17) is 5.73 Å². The van der Waals surface area contributed by atoms with Gasteiger partial charge in [-0.25, -0.2) is 0 Å². The second kappa shape index (κ2) is 6.70. The van der Waals surface area contributed by atoms with E-state index < -0.39 is 25.3 Å². The minimum atomic E-state index is -4.40. The third-order valence-corrected chi connectivity index (χ3v) is 2.13. The molecule has 0 heterocycles. The molecule has 0 spiro atoms. The molecule has 2 N–H and O–H groups in total. The average molecular weight is 242 g/mol. The SMILES string of the molecule is CC(CCN)N(C)C(=O)COCC(F)(F)F. The third-order valence-electron chi connectivity index (χ3n) is 2.13. The van der Waals surface area contributed by atoms with Crippen LogP contribution in [0, 0.1) is 0 Å². The van der Waals surface area contributed by atoms with Gasteiger partial charge in [-0.2, -0.15) is 13.2 Å². The van der Waals surface area contributed by atoms with Gasteiger partial charge in [0.05, 0.1) is 0 Å². The lowest BCUT2D eigenvalue weighted by molar-refractivity contribution is -0.177. The first-order valence-electron chi connectivity index (χ1n) is 4.88. The summed E-state index contributed by atoms with van der Waals surface area (Å²) in [6.45, 7) is 0.222. The molecule has 0 aromatic carbocycles. The Kier molecular flexibility index (Phi) is 6.35. The molecule has 1 atom stereocenters. The molecule has 0 saturated carbocycles. The van der Waals surface area contributed by atoms with Gasteiger partial charge in [-0.15, -0.1) is 0 Å². The summed E-state index contributed by atoms with van der Waals surface area (Å²) in [6, 6.07) is -0.105. The fourth-order valence-electron chi connectivity index (χ4n) is 1.04. The van der Waals surface area contributed by atoms with Crippen molar-refractivity contribution in [1.29, 1.82) is 0 Å². The topological polar surface area (TPSA) is 55.6 Å². The van der Waals surface area contributed by atoms with E-state index in [1.165, 1.54) is 11.9 Å². The van der Waals surface area contributed by atoms with E-state index in [1.54, 1.807) is 6.92 Å². The Hall–Kier alpha value is -0.820. The molecule has 0 aromatic heterocycles. The summed E-state index contributed by atoms with van der Waals surface area (Å²) in [7, 11) is 1.51. The highest BCUT2D eigenvalue weighted by Crippen LogP contribution is 2.14. The number of hydrogen-bond donors (Lipinski definition) is 1. The number of rotatable bonds is 6. The van der Waals surface area contributed by atoms with Crippen LogP contribution in [-0.4, -0.2) is 49.8 Å². The first-order chi connectivity index (χ1) is 7.28. The minimum absolute atomic E-state index is 0.105. The number of alkyl halides is 3. The fraction of sp³-hybridized carbons (Fsp3) is 0.889. The first-order valence-corrected chi connectivity index (χ1v) is 4.88. The quantitative estimate of drug-likeness (QED) is 0.748. The normalized spacial score (nSPS) is 13.6. The van der Waals surface area contributed by atoms with Gasteiger partial charge < -0.3 is 15.4 Å². The molecule has 0 aromatic rings. The van der Waals surface area contributed by atoms with Gasteiger partial charge in [0.1, 0.15) is 13.2 Å². The van der Waals surface area contributed by atoms with Crippen LogP contribution in [0.1, 0.15) is 13.3 Å². The Balaban J connectivity index is 3.88. The molecule has 7 heteroatoms. The maximum atomic E-state index is 11.7. The van der Waals surface area contributed by atoms with E-state index in [2.05, 4.69) is 4.74 Å². The molecular formula is C9H17F3N2O2. The number of nitrogens with zero attached hydrogens (tertiary/aromatic N) is 1. The van der Waals surface area contributed by atoms with Gasteiger partial charge in [-0.3, -0.25) is 4.79 Å². The molecule has 0 fully saturated rings. The lowest BCUT2D eigenvalue weighted by Crippen LogP contribution is -2.39. The summed E-state index contributed by atoms with van der Waals surface area (Å²) in [5.41, 5.74) is 5.31. The largest absolute Gasteiger partial charge is 0.411 e. The second-order valence-electron chi connectivity index (χ2n) is 3.54. The number of likely N-dealkylation sites (N-methyl/N-ethyl adjacent to an activating group) is 1. The summed E-state index contributed by atoms with van der Waals surface area (Å²) < 4.78 is 39.4. The number of amides is 1. The smallest absolute Gasteiger partial charge is 0.362 e. The Labute approximate surface area is 92.5 Å². The van der Waals surface area contributed by atoms with Crippen LogP contribution in [0.15, 0.2) is 0 Å². The molecule has 96 valence electrons. The van der Waals surface area contributed by atoms with Crippen LogP contribution in [0.2, 0.25) is 0 Å². The number of carbonyl (C=O) groups excluding carboxylic acids is 1. The maximum Gasteiger partial charge on any atom is 0.411 e. The average Bonchev–Trinajstić information content (AvgIpc) is 2.14. The van der Waals surface area contributed by atoms with Gasteiger partial charge >= 0.3 is 6.18 Å². The van der Waals surface area contributed by atoms with Crippen LogP contribution < -0.4 is 5.73 Å². The van der Waals surface area contributed by atoms with E-state index in [1.807, 2.05) is 0 Å². The van der Waals surface area contributed by atoms with Gasteiger partial charge in [-0.05, 0) is 19.9 Å². The molecule has 0 radical (unpaired) electrons. The van der Waals surface area contributed by atoms with Crippen molar-refractivity contribution in [3.8, 4) is 0 Å². The highest BCUT2D eigenvalue weighted by molar-refractivity contribution is 5.77. The predicted molar refractivity (Wildman–Crippen MR) is 52.8 cm³/mol. The van der Waals surface area contributed by atoms with Crippen molar-refractivity contribution in [2.45, 2.75) is 25.6 Å². The van der Waals surface area contributed by atoms with Crippen LogP contribution in [0.4, 0.5) is 13.2 Å². The molecular weight excluding hydrogens is 225 g/mol. The monoisotopic (exact) mass is 242 g/mol. The van der Waals surface area contributed by atoms with Crippen LogP contribution in [0.25, 0.3) is 0 Å². The van der Waals surface area contributed by atoms with Crippen molar-refractivity contribution in [3.05, 3.63) is 0 Å². The van der Waals surface area contributed by atoms with E-state index in [0.717, 1.165) is 0 Å². The summed E-state index contributed by atoms with van der Waals surface area (Å²) in [6.07, 6.45) is -3.80. The number of nitrogens with two attached hydrogens (primary N) is 1. The predicted octanol–water partition coefficient (Wildman–Crippen LogP) is 0.761. The summed E-state index contributed by atoms with van der Waals surface area (Å²) in [5, 5.41) is 0. The number of halogens is 3. The molecule has 0 saturated heterocycles. The van der Waals surface area contributed by atoms with Gasteiger partial charge in [-0.1, -0.05) is 0 Å². The Morgan fingerprint density at radius 2 is 2.06 bits per heavy atom. The van der Waals surface area contributed by atoms with E-state index in [9.17, 15) is 18.0 Å². The standard InChI is InChI=1S/C9H17F3N2O2/c1-7(3-4-13)14(2)8(15)5-16-6-9(10,11)12/h7H,3-6,13H2,1-2H3. The van der Waals surface area contributed by atoms with Crippen molar-refractivity contribution >= 4 is 5.91 Å². The Morgan fingerprint density at radius 1 is 1.50 bits per heavy atom. The van der Waals surface area contributed by atoms with Crippen molar-refractivity contribution in [3.63, 3.8) is 0 Å². The Morgan fingerprint density at radius 3 is 2.50 bits per heavy atom. The fourth-order valence-corrected chi connectivity index (χ4v) is 1.04. The van der Waals surface area contributed by atoms with Gasteiger partial charge in [0.25, 0.3) is 0 Å². The zero-order chi connectivity index (χ0) is 12.8. The van der Waals surface area contributed by atoms with Crippen molar-refractivity contribution in [2.75, 3.05) is 26.8 Å². The van der Waals surface area contributed by atoms with Crippen LogP contribution in [-0.2, 0) is 9.53 Å². The summed E-state index contributed by atoms with van der Waals surface area (Å²) in [4.78, 5) is 12.7. The van der Waals surface area contributed by atoms with Crippen molar-refractivity contribution < 1.29 is 22.7 Å². The Bertz CT molecular complexity index is 221. The maximum absolute atomic E-state index is 11.7. The van der Waals surface area contributed by atoms with Crippen LogP contribution in [0.3, 0.4) is 0 Å². The first kappa shape index (κ1) is 15.2. The van der Waals surface area contributed by atoms with Crippen molar-refractivity contribution in [1.82, 2.24) is 4.90 Å². The van der Waals surface area contributed by atoms with Gasteiger partial charge in [0.15, 0.2) is 0 Å². The molecule has 0 rings (SSSR count). The second-order valence-corrected chi connectivity index (χ2v) is 3.54. The minimum Gasteiger partial charge on any atom is -0.362 e. The highest BCUT2D eigenvalue weighted by Gasteiger charge is 2.28. The third kappa shape index (κ3) is 6.62. The van der Waals surface area contributed by atoms with E-state index in [-0.39, 0.29) is 6.04 Å². The number of hydrogen-bond acceptors (Lipinski definition) is 3. The molecule has 0 bridgehead atoms. The number of carbonyl (C=O) groups is 1. The van der Waals surface area contributed by atoms with E-state index in [0.29, 0.717) is 13.0 Å². The number of ether oxygens (including phenoxy) is 1. The van der Waals surface area contributed by atoms with Crippen molar-refractivity contribution in [2.24, 2.45) is 5.73 Å². The molecule has 1 unspecified atom stereocenters. The summed E-state index contributed by atoms with van der Waals surface area (Å²) >= 11 is 0. The van der Waals surface area contributed by atoms with Gasteiger partial charge in [0, 0.05) is 13.1 Å². The van der Waals surface area contributed by atoms with Crippen LogP contribution >= 0.6 is 0 Å². The van der Waals surface area contributed by atoms with E-state index >= 15 is 0 Å². The molecule has 0 aliphatic heterocycles.